The first-order valence-corrected chi connectivity index (χ1v) is 6.02. The van der Waals surface area contributed by atoms with E-state index < -0.39 is 0 Å². The molecular weight excluding hydrogens is 195 g/mol. The molecule has 1 N–H and O–H groups in total. The first kappa shape index (κ1) is 11.3. The highest BCUT2D eigenvalue weighted by Crippen LogP contribution is 2.22. The molecule has 0 aromatic heterocycles. The molecule has 2 unspecified atom stereocenters. The molecule has 2 aliphatic heterocycles. The van der Waals surface area contributed by atoms with Crippen LogP contribution < -0.4 is 5.32 Å². The van der Waals surface area contributed by atoms with Gasteiger partial charge in [-0.3, -0.25) is 9.29 Å². The Morgan fingerprint density at radius 1 is 1.47 bits per heavy atom. The maximum Gasteiger partial charge on any atom is 0.0906 e. The third-order valence-corrected chi connectivity index (χ3v) is 3.32. The Hall–Kier alpha value is -0.190. The summed E-state index contributed by atoms with van der Waals surface area (Å²) in [5, 5.41) is 3.24. The number of halogens is 1. The molecule has 2 heterocycles. The second kappa shape index (κ2) is 5.77. The van der Waals surface area contributed by atoms with Crippen molar-refractivity contribution in [3.63, 3.8) is 0 Å². The lowest BCUT2D eigenvalue weighted by molar-refractivity contribution is -0.0468. The van der Waals surface area contributed by atoms with Crippen molar-refractivity contribution in [1.29, 1.82) is 0 Å². The summed E-state index contributed by atoms with van der Waals surface area (Å²) >= 11 is 0. The minimum atomic E-state index is -0.229. The lowest BCUT2D eigenvalue weighted by atomic mass is 10.2. The van der Waals surface area contributed by atoms with E-state index in [0.29, 0.717) is 18.6 Å². The first-order valence-electron chi connectivity index (χ1n) is 6.02. The average molecular weight is 216 g/mol. The molecule has 0 aromatic rings. The zero-order chi connectivity index (χ0) is 10.5. The van der Waals surface area contributed by atoms with Crippen LogP contribution in [-0.2, 0) is 4.74 Å². The van der Waals surface area contributed by atoms with Crippen LogP contribution in [0.3, 0.4) is 0 Å². The van der Waals surface area contributed by atoms with Crippen LogP contribution in [0.15, 0.2) is 0 Å². The largest absolute Gasteiger partial charge is 0.374 e. The summed E-state index contributed by atoms with van der Waals surface area (Å²) < 4.78 is 17.6. The summed E-state index contributed by atoms with van der Waals surface area (Å²) in [4.78, 5) is 2.53. The van der Waals surface area contributed by atoms with Gasteiger partial charge in [-0.25, -0.2) is 0 Å². The molecule has 4 heteroatoms. The SMILES string of the molecule is FCCCNCC1CN2CCCC2CO1. The normalized spacial score (nSPS) is 31.8. The minimum absolute atomic E-state index is 0.229. The van der Waals surface area contributed by atoms with Crippen molar-refractivity contribution < 1.29 is 9.13 Å². The fourth-order valence-corrected chi connectivity index (χ4v) is 2.46. The Morgan fingerprint density at radius 3 is 3.27 bits per heavy atom. The highest BCUT2D eigenvalue weighted by atomic mass is 19.1. The number of alkyl halides is 1. The maximum absolute atomic E-state index is 11.9. The van der Waals surface area contributed by atoms with E-state index in [-0.39, 0.29) is 6.67 Å². The van der Waals surface area contributed by atoms with Crippen molar-refractivity contribution in [1.82, 2.24) is 10.2 Å². The van der Waals surface area contributed by atoms with Crippen LogP contribution in [0.1, 0.15) is 19.3 Å². The van der Waals surface area contributed by atoms with Gasteiger partial charge in [-0.05, 0) is 32.4 Å². The first-order chi connectivity index (χ1) is 7.40. The lowest BCUT2D eigenvalue weighted by Gasteiger charge is -2.35. The van der Waals surface area contributed by atoms with Gasteiger partial charge in [-0.2, -0.15) is 0 Å². The number of morpholine rings is 1. The summed E-state index contributed by atoms with van der Waals surface area (Å²) in [6.07, 6.45) is 3.52. The standard InChI is InChI=1S/C11H21FN2O/c12-4-2-5-13-7-11-8-14-6-1-3-10(14)9-15-11/h10-11,13H,1-9H2. The van der Waals surface area contributed by atoms with Gasteiger partial charge in [-0.15, -0.1) is 0 Å². The van der Waals surface area contributed by atoms with Crippen molar-refractivity contribution in [3.8, 4) is 0 Å². The van der Waals surface area contributed by atoms with E-state index >= 15 is 0 Å². The molecule has 0 saturated carbocycles. The van der Waals surface area contributed by atoms with Gasteiger partial charge in [0, 0.05) is 19.1 Å². The number of fused-ring (bicyclic) bond motifs is 1. The average Bonchev–Trinajstić information content (AvgIpc) is 2.71. The van der Waals surface area contributed by atoms with Gasteiger partial charge in [0.05, 0.1) is 19.4 Å². The molecule has 2 saturated heterocycles. The van der Waals surface area contributed by atoms with Crippen molar-refractivity contribution >= 4 is 0 Å². The molecule has 0 aromatic carbocycles. The molecule has 0 spiro atoms. The topological polar surface area (TPSA) is 24.5 Å². The van der Waals surface area contributed by atoms with Crippen molar-refractivity contribution in [2.45, 2.75) is 31.4 Å². The fraction of sp³-hybridized carbons (Fsp3) is 1.00. The van der Waals surface area contributed by atoms with E-state index in [1.165, 1.54) is 19.4 Å². The third kappa shape index (κ3) is 3.13. The van der Waals surface area contributed by atoms with Gasteiger partial charge >= 0.3 is 0 Å². The van der Waals surface area contributed by atoms with Crippen LogP contribution >= 0.6 is 0 Å². The zero-order valence-electron chi connectivity index (χ0n) is 9.25. The van der Waals surface area contributed by atoms with E-state index in [9.17, 15) is 4.39 Å². The molecule has 2 aliphatic rings. The van der Waals surface area contributed by atoms with Crippen LogP contribution in [0.4, 0.5) is 4.39 Å². The summed E-state index contributed by atoms with van der Waals surface area (Å²) in [5.74, 6) is 0. The second-order valence-corrected chi connectivity index (χ2v) is 4.49. The number of nitrogens with one attached hydrogen (secondary N) is 1. The van der Waals surface area contributed by atoms with E-state index in [0.717, 1.165) is 26.2 Å². The molecule has 0 bridgehead atoms. The summed E-state index contributed by atoms with van der Waals surface area (Å²) in [5.41, 5.74) is 0. The second-order valence-electron chi connectivity index (χ2n) is 4.49. The quantitative estimate of drug-likeness (QED) is 0.688. The van der Waals surface area contributed by atoms with Gasteiger partial charge in [0.25, 0.3) is 0 Å². The van der Waals surface area contributed by atoms with Gasteiger partial charge < -0.3 is 10.1 Å². The molecule has 2 rings (SSSR count). The lowest BCUT2D eigenvalue weighted by Crippen LogP contribution is -2.49. The predicted octanol–water partition coefficient (Wildman–Crippen LogP) is 0.799. The monoisotopic (exact) mass is 216 g/mol. The Bertz CT molecular complexity index is 191. The predicted molar refractivity (Wildman–Crippen MR) is 57.8 cm³/mol. The van der Waals surface area contributed by atoms with Crippen molar-refractivity contribution in [3.05, 3.63) is 0 Å². The zero-order valence-corrected chi connectivity index (χ0v) is 9.25. The van der Waals surface area contributed by atoms with Crippen LogP contribution in [0.5, 0.6) is 0 Å². The summed E-state index contributed by atoms with van der Waals surface area (Å²) in [6, 6.07) is 0.673. The van der Waals surface area contributed by atoms with Gasteiger partial charge in [0.2, 0.25) is 0 Å². The molecule has 2 atom stereocenters. The van der Waals surface area contributed by atoms with E-state index in [4.69, 9.17) is 4.74 Å². The number of rotatable bonds is 5. The Morgan fingerprint density at radius 2 is 2.40 bits per heavy atom. The van der Waals surface area contributed by atoms with Crippen LogP contribution in [0, 0.1) is 0 Å². The molecule has 0 aliphatic carbocycles. The van der Waals surface area contributed by atoms with E-state index in [1.807, 2.05) is 0 Å². The molecule has 88 valence electrons. The molecule has 0 amide bonds. The number of hydrogen-bond donors (Lipinski definition) is 1. The van der Waals surface area contributed by atoms with Gasteiger partial charge in [0.1, 0.15) is 0 Å². The summed E-state index contributed by atoms with van der Waals surface area (Å²) in [6.45, 7) is 4.56. The van der Waals surface area contributed by atoms with Crippen LogP contribution in [0.25, 0.3) is 0 Å². The minimum Gasteiger partial charge on any atom is -0.374 e. The fourth-order valence-electron chi connectivity index (χ4n) is 2.46. The number of ether oxygens (including phenoxy) is 1. The van der Waals surface area contributed by atoms with Crippen LogP contribution in [-0.4, -0.2) is 56.5 Å². The molecule has 15 heavy (non-hydrogen) atoms. The van der Waals surface area contributed by atoms with Crippen molar-refractivity contribution in [2.24, 2.45) is 0 Å². The number of hydrogen-bond acceptors (Lipinski definition) is 3. The van der Waals surface area contributed by atoms with Crippen LogP contribution in [0.2, 0.25) is 0 Å². The highest BCUT2D eigenvalue weighted by Gasteiger charge is 2.31. The Labute approximate surface area is 91.0 Å². The van der Waals surface area contributed by atoms with Gasteiger partial charge in [0.15, 0.2) is 0 Å². The number of nitrogens with zero attached hydrogens (tertiary/aromatic N) is 1. The molecule has 0 radical (unpaired) electrons. The molecular formula is C11H21FN2O. The smallest absolute Gasteiger partial charge is 0.0906 e. The Balaban J connectivity index is 1.62. The molecule has 3 nitrogen and oxygen atoms in total. The Kier molecular flexibility index (Phi) is 4.35. The maximum atomic E-state index is 11.9. The van der Waals surface area contributed by atoms with Crippen molar-refractivity contribution in [2.75, 3.05) is 39.5 Å². The highest BCUT2D eigenvalue weighted by molar-refractivity contribution is 4.85. The van der Waals surface area contributed by atoms with E-state index in [2.05, 4.69) is 10.2 Å². The third-order valence-electron chi connectivity index (χ3n) is 3.32. The van der Waals surface area contributed by atoms with E-state index in [1.54, 1.807) is 0 Å². The summed E-state index contributed by atoms with van der Waals surface area (Å²) in [7, 11) is 0. The molecule has 2 fully saturated rings. The van der Waals surface area contributed by atoms with Gasteiger partial charge in [-0.1, -0.05) is 0 Å².